The predicted molar refractivity (Wildman–Crippen MR) is 71.6 cm³/mol. The summed E-state index contributed by atoms with van der Waals surface area (Å²) >= 11 is 0. The van der Waals surface area contributed by atoms with E-state index in [1.54, 1.807) is 20.8 Å². The first-order valence-corrected chi connectivity index (χ1v) is 6.94. The Morgan fingerprint density at radius 1 is 1.16 bits per heavy atom. The van der Waals surface area contributed by atoms with Gasteiger partial charge in [0.25, 0.3) is 0 Å². The molecule has 0 radical (unpaired) electrons. The number of carboxylic acids is 1. The maximum Gasteiger partial charge on any atom is 0.316 e. The van der Waals surface area contributed by atoms with Crippen molar-refractivity contribution in [1.82, 2.24) is 5.32 Å². The quantitative estimate of drug-likeness (QED) is 0.537. The van der Waals surface area contributed by atoms with E-state index in [0.29, 0.717) is 12.8 Å². The summed E-state index contributed by atoms with van der Waals surface area (Å²) in [6, 6.07) is -0.320. The lowest BCUT2D eigenvalue weighted by Crippen LogP contribution is -2.49. The van der Waals surface area contributed by atoms with E-state index in [1.807, 2.05) is 0 Å². The molecule has 110 valence electrons. The van der Waals surface area contributed by atoms with Crippen LogP contribution in [0.4, 0.5) is 0 Å². The number of carbonyl (C=O) groups is 2. The van der Waals surface area contributed by atoms with Crippen LogP contribution in [0, 0.1) is 11.3 Å². The zero-order valence-electron chi connectivity index (χ0n) is 12.0. The van der Waals surface area contributed by atoms with Crippen molar-refractivity contribution >= 4 is 11.9 Å². The van der Waals surface area contributed by atoms with Gasteiger partial charge >= 0.3 is 5.97 Å². The summed E-state index contributed by atoms with van der Waals surface area (Å²) in [6.07, 6.45) is 3.76. The van der Waals surface area contributed by atoms with Gasteiger partial charge in [-0.15, -0.1) is 0 Å². The van der Waals surface area contributed by atoms with E-state index in [-0.39, 0.29) is 6.04 Å². The molecule has 3 unspecified atom stereocenters. The Morgan fingerprint density at radius 2 is 1.74 bits per heavy atom. The fraction of sp³-hybridized carbons (Fsp3) is 0.857. The van der Waals surface area contributed by atoms with Crippen LogP contribution >= 0.6 is 0 Å². The summed E-state index contributed by atoms with van der Waals surface area (Å²) in [4.78, 5) is 23.4. The smallest absolute Gasteiger partial charge is 0.316 e. The van der Waals surface area contributed by atoms with E-state index in [1.165, 1.54) is 0 Å². The average Bonchev–Trinajstić information content (AvgIpc) is 2.41. The van der Waals surface area contributed by atoms with Crippen LogP contribution in [0.25, 0.3) is 0 Å². The number of aliphatic hydroxyl groups excluding tert-OH is 1. The lowest BCUT2D eigenvalue weighted by molar-refractivity contribution is -0.152. The SMILES string of the molecule is CC(C)(C)C(C(=O)O)C(=O)NC1CCCCCC1O. The molecule has 3 N–H and O–H groups in total. The van der Waals surface area contributed by atoms with Crippen molar-refractivity contribution in [3.05, 3.63) is 0 Å². The maximum atomic E-state index is 12.2. The minimum absolute atomic E-state index is 0.320. The van der Waals surface area contributed by atoms with Crippen molar-refractivity contribution < 1.29 is 19.8 Å². The van der Waals surface area contributed by atoms with Gasteiger partial charge in [-0.2, -0.15) is 0 Å². The molecule has 5 heteroatoms. The molecule has 0 saturated heterocycles. The van der Waals surface area contributed by atoms with Crippen molar-refractivity contribution in [1.29, 1.82) is 0 Å². The van der Waals surface area contributed by atoms with Crippen LogP contribution < -0.4 is 5.32 Å². The number of hydrogen-bond acceptors (Lipinski definition) is 3. The topological polar surface area (TPSA) is 86.6 Å². The first-order chi connectivity index (χ1) is 8.73. The summed E-state index contributed by atoms with van der Waals surface area (Å²) in [5, 5.41) is 21.9. The van der Waals surface area contributed by atoms with E-state index in [0.717, 1.165) is 19.3 Å². The monoisotopic (exact) mass is 271 g/mol. The zero-order chi connectivity index (χ0) is 14.6. The van der Waals surface area contributed by atoms with Gasteiger partial charge in [0.05, 0.1) is 12.1 Å². The van der Waals surface area contributed by atoms with Crippen molar-refractivity contribution in [2.24, 2.45) is 11.3 Å². The fourth-order valence-electron chi connectivity index (χ4n) is 2.60. The molecule has 19 heavy (non-hydrogen) atoms. The fourth-order valence-corrected chi connectivity index (χ4v) is 2.60. The molecular formula is C14H25NO4. The molecular weight excluding hydrogens is 246 g/mol. The van der Waals surface area contributed by atoms with Crippen molar-refractivity contribution in [2.45, 2.75) is 65.0 Å². The Balaban J connectivity index is 2.73. The van der Waals surface area contributed by atoms with Crippen LogP contribution in [0.1, 0.15) is 52.9 Å². The lowest BCUT2D eigenvalue weighted by Gasteiger charge is -2.29. The number of amides is 1. The Bertz CT molecular complexity index is 335. The van der Waals surface area contributed by atoms with E-state index >= 15 is 0 Å². The van der Waals surface area contributed by atoms with Crippen LogP contribution in [0.15, 0.2) is 0 Å². The average molecular weight is 271 g/mol. The molecule has 1 saturated carbocycles. The van der Waals surface area contributed by atoms with Gasteiger partial charge in [-0.3, -0.25) is 9.59 Å². The normalized spacial score (nSPS) is 26.3. The minimum atomic E-state index is -1.12. The third kappa shape index (κ3) is 4.49. The van der Waals surface area contributed by atoms with E-state index in [9.17, 15) is 19.8 Å². The molecule has 1 aliphatic rings. The van der Waals surface area contributed by atoms with Gasteiger partial charge < -0.3 is 15.5 Å². The van der Waals surface area contributed by atoms with Crippen LogP contribution in [-0.2, 0) is 9.59 Å². The summed E-state index contributed by atoms with van der Waals surface area (Å²) in [6.45, 7) is 5.19. The van der Waals surface area contributed by atoms with E-state index < -0.39 is 29.3 Å². The molecule has 1 amide bonds. The van der Waals surface area contributed by atoms with Crippen molar-refractivity contribution in [2.75, 3.05) is 0 Å². The van der Waals surface area contributed by atoms with Gasteiger partial charge in [0.1, 0.15) is 5.92 Å². The Kier molecular flexibility index (Phi) is 5.35. The molecule has 0 heterocycles. The second kappa shape index (κ2) is 6.37. The van der Waals surface area contributed by atoms with Crippen LogP contribution in [0.3, 0.4) is 0 Å². The second-order valence-electron chi connectivity index (χ2n) is 6.46. The van der Waals surface area contributed by atoms with E-state index in [2.05, 4.69) is 5.32 Å². The Morgan fingerprint density at radius 3 is 2.26 bits per heavy atom. The summed E-state index contributed by atoms with van der Waals surface area (Å²) < 4.78 is 0. The number of carboxylic acid groups (broad SMARTS) is 1. The third-order valence-corrected chi connectivity index (χ3v) is 3.68. The minimum Gasteiger partial charge on any atom is -0.481 e. The molecule has 0 aromatic rings. The van der Waals surface area contributed by atoms with E-state index in [4.69, 9.17) is 0 Å². The highest BCUT2D eigenvalue weighted by molar-refractivity contribution is 5.97. The van der Waals surface area contributed by atoms with Gasteiger partial charge in [0.15, 0.2) is 0 Å². The highest BCUT2D eigenvalue weighted by atomic mass is 16.4. The third-order valence-electron chi connectivity index (χ3n) is 3.68. The zero-order valence-corrected chi connectivity index (χ0v) is 12.0. The summed E-state index contributed by atoms with van der Waals surface area (Å²) in [5.74, 6) is -2.71. The summed E-state index contributed by atoms with van der Waals surface area (Å²) in [5.41, 5.74) is -0.647. The molecule has 0 aromatic carbocycles. The predicted octanol–water partition coefficient (Wildman–Crippen LogP) is 1.54. The van der Waals surface area contributed by atoms with Gasteiger partial charge in [-0.1, -0.05) is 40.0 Å². The first kappa shape index (κ1) is 16.0. The van der Waals surface area contributed by atoms with Gasteiger partial charge in [-0.05, 0) is 18.3 Å². The van der Waals surface area contributed by atoms with Gasteiger partial charge in [0.2, 0.25) is 5.91 Å². The molecule has 3 atom stereocenters. The molecule has 5 nitrogen and oxygen atoms in total. The Hall–Kier alpha value is -1.10. The number of nitrogens with one attached hydrogen (secondary N) is 1. The molecule has 1 rings (SSSR count). The number of carbonyl (C=O) groups excluding carboxylic acids is 1. The molecule has 1 fully saturated rings. The lowest BCUT2D eigenvalue weighted by atomic mass is 9.80. The second-order valence-corrected chi connectivity index (χ2v) is 6.46. The highest BCUT2D eigenvalue weighted by Crippen LogP contribution is 2.27. The molecule has 0 aliphatic heterocycles. The number of rotatable bonds is 3. The largest absolute Gasteiger partial charge is 0.481 e. The van der Waals surface area contributed by atoms with Crippen LogP contribution in [0.2, 0.25) is 0 Å². The van der Waals surface area contributed by atoms with Gasteiger partial charge in [0, 0.05) is 0 Å². The van der Waals surface area contributed by atoms with Crippen LogP contribution in [-0.4, -0.2) is 34.2 Å². The highest BCUT2D eigenvalue weighted by Gasteiger charge is 2.39. The Labute approximate surface area is 114 Å². The van der Waals surface area contributed by atoms with Crippen molar-refractivity contribution in [3.63, 3.8) is 0 Å². The molecule has 0 aromatic heterocycles. The summed E-state index contributed by atoms with van der Waals surface area (Å²) in [7, 11) is 0. The maximum absolute atomic E-state index is 12.2. The molecule has 1 aliphatic carbocycles. The number of aliphatic hydroxyl groups is 1. The number of aliphatic carboxylic acids is 1. The van der Waals surface area contributed by atoms with Crippen LogP contribution in [0.5, 0.6) is 0 Å². The first-order valence-electron chi connectivity index (χ1n) is 6.94. The van der Waals surface area contributed by atoms with Gasteiger partial charge in [-0.25, -0.2) is 0 Å². The molecule has 0 spiro atoms. The number of hydrogen-bond donors (Lipinski definition) is 3. The van der Waals surface area contributed by atoms with Crippen molar-refractivity contribution in [3.8, 4) is 0 Å². The molecule has 0 bridgehead atoms. The standard InChI is InChI=1S/C14H25NO4/c1-14(2,3)11(13(18)19)12(17)15-9-7-5-4-6-8-10(9)16/h9-11,16H,4-8H2,1-3H3,(H,15,17)(H,18,19).